The first-order valence-corrected chi connectivity index (χ1v) is 10.2. The van der Waals surface area contributed by atoms with Crippen LogP contribution < -0.4 is 9.80 Å². The molecule has 2 unspecified atom stereocenters. The van der Waals surface area contributed by atoms with Crippen molar-refractivity contribution in [2.45, 2.75) is 37.2 Å². The number of anilines is 2. The van der Waals surface area contributed by atoms with E-state index in [1.165, 1.54) is 6.26 Å². The van der Waals surface area contributed by atoms with Crippen molar-refractivity contribution in [1.29, 1.82) is 0 Å². The van der Waals surface area contributed by atoms with Crippen molar-refractivity contribution in [3.63, 3.8) is 0 Å². The molecule has 8 heteroatoms. The SMILES string of the molecule is Cc1ncnc(N2CC3CC(C2)N3c2ncccc2S(C)(=O)=O)c1C. The Kier molecular flexibility index (Phi) is 3.68. The van der Waals surface area contributed by atoms with E-state index in [2.05, 4.69) is 24.8 Å². The molecule has 2 bridgehead atoms. The number of pyridine rings is 1. The summed E-state index contributed by atoms with van der Waals surface area (Å²) in [6.45, 7) is 5.66. The van der Waals surface area contributed by atoms with Crippen LogP contribution in [0.2, 0.25) is 0 Å². The summed E-state index contributed by atoms with van der Waals surface area (Å²) in [6, 6.07) is 3.82. The average Bonchev–Trinajstić information content (AvgIpc) is 2.57. The molecule has 3 aliphatic rings. The van der Waals surface area contributed by atoms with Crippen LogP contribution in [0.4, 0.5) is 11.6 Å². The molecule has 0 aromatic carbocycles. The number of piperidine rings is 1. The van der Waals surface area contributed by atoms with Crippen molar-refractivity contribution in [1.82, 2.24) is 15.0 Å². The Morgan fingerprint density at radius 2 is 1.80 bits per heavy atom. The van der Waals surface area contributed by atoms with Gasteiger partial charge in [-0.15, -0.1) is 0 Å². The predicted molar refractivity (Wildman–Crippen MR) is 95.7 cm³/mol. The second kappa shape index (κ2) is 5.66. The molecule has 0 saturated carbocycles. The second-order valence-electron chi connectivity index (χ2n) is 6.86. The molecule has 0 spiro atoms. The largest absolute Gasteiger partial charge is 0.352 e. The third kappa shape index (κ3) is 2.64. The topological polar surface area (TPSA) is 79.3 Å². The quantitative estimate of drug-likeness (QED) is 0.818. The molecule has 7 nitrogen and oxygen atoms in total. The molecule has 3 saturated heterocycles. The van der Waals surface area contributed by atoms with Gasteiger partial charge in [-0.1, -0.05) is 0 Å². The normalized spacial score (nSPS) is 22.7. The molecular formula is C17H21N5O2S. The predicted octanol–water partition coefficient (Wildman–Crippen LogP) is 1.36. The van der Waals surface area contributed by atoms with E-state index in [9.17, 15) is 8.42 Å². The highest BCUT2D eigenvalue weighted by Crippen LogP contribution is 2.40. The first-order chi connectivity index (χ1) is 11.9. The van der Waals surface area contributed by atoms with Gasteiger partial charge in [0.15, 0.2) is 9.84 Å². The van der Waals surface area contributed by atoms with Crippen molar-refractivity contribution in [3.05, 3.63) is 35.9 Å². The van der Waals surface area contributed by atoms with Crippen LogP contribution >= 0.6 is 0 Å². The maximum absolute atomic E-state index is 12.1. The van der Waals surface area contributed by atoms with E-state index < -0.39 is 9.84 Å². The lowest BCUT2D eigenvalue weighted by molar-refractivity contribution is 0.286. The highest BCUT2D eigenvalue weighted by molar-refractivity contribution is 7.90. The smallest absolute Gasteiger partial charge is 0.179 e. The number of sulfone groups is 1. The van der Waals surface area contributed by atoms with Crippen molar-refractivity contribution in [2.75, 3.05) is 29.1 Å². The highest BCUT2D eigenvalue weighted by atomic mass is 32.2. The number of piperazine rings is 1. The maximum atomic E-state index is 12.1. The van der Waals surface area contributed by atoms with Gasteiger partial charge in [0.05, 0.1) is 12.1 Å². The van der Waals surface area contributed by atoms with Gasteiger partial charge in [0.25, 0.3) is 0 Å². The van der Waals surface area contributed by atoms with Crippen molar-refractivity contribution < 1.29 is 8.42 Å². The van der Waals surface area contributed by atoms with Gasteiger partial charge in [0.2, 0.25) is 0 Å². The van der Waals surface area contributed by atoms with E-state index in [1.54, 1.807) is 24.7 Å². The van der Waals surface area contributed by atoms with Crippen LogP contribution in [0, 0.1) is 13.8 Å². The summed E-state index contributed by atoms with van der Waals surface area (Å²) in [6.07, 6.45) is 5.56. The molecule has 2 aromatic heterocycles. The maximum Gasteiger partial charge on any atom is 0.179 e. The monoisotopic (exact) mass is 359 g/mol. The van der Waals surface area contributed by atoms with E-state index in [4.69, 9.17) is 0 Å². The Bertz CT molecular complexity index is 918. The summed E-state index contributed by atoms with van der Waals surface area (Å²) in [5, 5.41) is 0. The molecule has 0 N–H and O–H groups in total. The average molecular weight is 359 g/mol. The van der Waals surface area contributed by atoms with Gasteiger partial charge in [0.1, 0.15) is 22.9 Å². The molecule has 0 aliphatic carbocycles. The van der Waals surface area contributed by atoms with Gasteiger partial charge in [0, 0.05) is 36.8 Å². The van der Waals surface area contributed by atoms with Crippen LogP contribution in [-0.4, -0.2) is 54.8 Å². The van der Waals surface area contributed by atoms with Gasteiger partial charge >= 0.3 is 0 Å². The Morgan fingerprint density at radius 1 is 1.08 bits per heavy atom. The minimum Gasteiger partial charge on any atom is -0.352 e. The number of hydrogen-bond acceptors (Lipinski definition) is 7. The zero-order chi connectivity index (χ0) is 17.8. The molecule has 5 rings (SSSR count). The second-order valence-corrected chi connectivity index (χ2v) is 8.84. The molecule has 0 radical (unpaired) electrons. The number of aryl methyl sites for hydroxylation is 1. The van der Waals surface area contributed by atoms with Gasteiger partial charge in [-0.05, 0) is 32.4 Å². The van der Waals surface area contributed by atoms with Crippen LogP contribution in [0.3, 0.4) is 0 Å². The summed E-state index contributed by atoms with van der Waals surface area (Å²) >= 11 is 0. The lowest BCUT2D eigenvalue weighted by atomic mass is 9.87. The van der Waals surface area contributed by atoms with E-state index in [0.29, 0.717) is 10.7 Å². The minimum absolute atomic E-state index is 0.254. The number of fused-ring (bicyclic) bond motifs is 2. The summed E-state index contributed by atoms with van der Waals surface area (Å²) in [5.74, 6) is 1.56. The van der Waals surface area contributed by atoms with Crippen LogP contribution in [0.1, 0.15) is 17.7 Å². The number of aromatic nitrogens is 3. The summed E-state index contributed by atoms with van der Waals surface area (Å²) in [5.41, 5.74) is 2.09. The van der Waals surface area contributed by atoms with Crippen LogP contribution in [0.5, 0.6) is 0 Å². The molecular weight excluding hydrogens is 338 g/mol. The Balaban J connectivity index is 1.62. The summed E-state index contributed by atoms with van der Waals surface area (Å²) < 4.78 is 24.2. The molecule has 5 heterocycles. The standard InChI is InChI=1S/C17H21N5O2S/c1-11-12(2)19-10-20-16(11)21-8-13-7-14(9-21)22(13)17-15(25(3,23)24)5-4-6-18-17/h4-6,10,13-14H,7-9H2,1-3H3. The third-order valence-corrected chi connectivity index (χ3v) is 6.31. The lowest BCUT2D eigenvalue weighted by Gasteiger charge is -2.57. The summed E-state index contributed by atoms with van der Waals surface area (Å²) in [7, 11) is -3.30. The van der Waals surface area contributed by atoms with Gasteiger partial charge in [-0.2, -0.15) is 0 Å². The van der Waals surface area contributed by atoms with E-state index in [-0.39, 0.29) is 12.1 Å². The fourth-order valence-electron chi connectivity index (χ4n) is 3.84. The van der Waals surface area contributed by atoms with E-state index in [0.717, 1.165) is 36.6 Å². The molecule has 3 fully saturated rings. The zero-order valence-electron chi connectivity index (χ0n) is 14.5. The first-order valence-electron chi connectivity index (χ1n) is 8.33. The van der Waals surface area contributed by atoms with Crippen molar-refractivity contribution >= 4 is 21.5 Å². The molecule has 0 amide bonds. The Hall–Kier alpha value is -2.22. The van der Waals surface area contributed by atoms with Gasteiger partial charge < -0.3 is 9.80 Å². The van der Waals surface area contributed by atoms with Gasteiger partial charge in [-0.25, -0.2) is 23.4 Å². The lowest BCUT2D eigenvalue weighted by Crippen LogP contribution is -2.69. The number of nitrogens with zero attached hydrogens (tertiary/aromatic N) is 5. The molecule has 2 atom stereocenters. The highest BCUT2D eigenvalue weighted by Gasteiger charge is 2.47. The van der Waals surface area contributed by atoms with Crippen LogP contribution in [-0.2, 0) is 9.84 Å². The van der Waals surface area contributed by atoms with E-state index in [1.807, 2.05) is 13.8 Å². The van der Waals surface area contributed by atoms with E-state index >= 15 is 0 Å². The Labute approximate surface area is 147 Å². The van der Waals surface area contributed by atoms with Gasteiger partial charge in [-0.3, -0.25) is 0 Å². The first kappa shape index (κ1) is 16.3. The zero-order valence-corrected chi connectivity index (χ0v) is 15.4. The van der Waals surface area contributed by atoms with Crippen LogP contribution in [0.15, 0.2) is 29.6 Å². The summed E-state index contributed by atoms with van der Waals surface area (Å²) in [4.78, 5) is 17.8. The molecule has 2 aromatic rings. The third-order valence-electron chi connectivity index (χ3n) is 5.20. The number of rotatable bonds is 3. The number of hydrogen-bond donors (Lipinski definition) is 0. The minimum atomic E-state index is -3.30. The fraction of sp³-hybridized carbons (Fsp3) is 0.471. The van der Waals surface area contributed by atoms with Crippen molar-refractivity contribution in [2.24, 2.45) is 0 Å². The fourth-order valence-corrected chi connectivity index (χ4v) is 4.65. The van der Waals surface area contributed by atoms with Crippen molar-refractivity contribution in [3.8, 4) is 0 Å². The molecule has 132 valence electrons. The van der Waals surface area contributed by atoms with Crippen LogP contribution in [0.25, 0.3) is 0 Å². The Morgan fingerprint density at radius 3 is 2.48 bits per heavy atom. The molecule has 3 aliphatic heterocycles. The molecule has 25 heavy (non-hydrogen) atoms.